The Morgan fingerprint density at radius 2 is 1.90 bits per heavy atom. The van der Waals surface area contributed by atoms with E-state index >= 15 is 0 Å². The summed E-state index contributed by atoms with van der Waals surface area (Å²) in [7, 11) is 0. The fraction of sp³-hybridized carbons (Fsp3) is 0.100. The van der Waals surface area contributed by atoms with E-state index in [4.69, 9.17) is 0 Å². The molecule has 4 aromatic rings. The van der Waals surface area contributed by atoms with Crippen molar-refractivity contribution in [2.24, 2.45) is 0 Å². The van der Waals surface area contributed by atoms with Crippen LogP contribution in [0.25, 0.3) is 10.8 Å². The van der Waals surface area contributed by atoms with Crippen LogP contribution < -0.4 is 10.9 Å². The highest BCUT2D eigenvalue weighted by atomic mass is 32.1. The minimum absolute atomic E-state index is 0.0324. The third-order valence-electron chi connectivity index (χ3n) is 4.27. The Bertz CT molecular complexity index is 1270. The molecule has 0 saturated heterocycles. The van der Waals surface area contributed by atoms with Gasteiger partial charge in [-0.2, -0.15) is 5.10 Å². The topological polar surface area (TPSA) is 87.7 Å². The van der Waals surface area contributed by atoms with Gasteiger partial charge in [0.25, 0.3) is 5.56 Å². The highest BCUT2D eigenvalue weighted by Crippen LogP contribution is 2.22. The maximum atomic E-state index is 13.3. The molecule has 1 amide bonds. The van der Waals surface area contributed by atoms with E-state index in [2.05, 4.69) is 20.5 Å². The summed E-state index contributed by atoms with van der Waals surface area (Å²) in [4.78, 5) is 29.2. The van der Waals surface area contributed by atoms with Crippen LogP contribution in [0.4, 0.5) is 13.9 Å². The number of rotatable bonds is 5. The molecule has 2 aromatic carbocycles. The average molecular weight is 412 g/mol. The molecule has 0 radical (unpaired) electrons. The Balaban J connectivity index is 1.45. The SMILES string of the molecule is O=C(Cc1n[nH]c(=O)c2ccccc12)Nc1ncc(Cc2ccc(F)c(F)c2)s1. The molecule has 6 nitrogen and oxygen atoms in total. The molecule has 0 aliphatic carbocycles. The van der Waals surface area contributed by atoms with Gasteiger partial charge in [-0.3, -0.25) is 9.59 Å². The molecule has 0 bridgehead atoms. The zero-order valence-corrected chi connectivity index (χ0v) is 15.7. The van der Waals surface area contributed by atoms with Crippen molar-refractivity contribution in [1.29, 1.82) is 0 Å². The number of thiazole rings is 1. The third-order valence-corrected chi connectivity index (χ3v) is 5.18. The lowest BCUT2D eigenvalue weighted by atomic mass is 10.1. The van der Waals surface area contributed by atoms with Gasteiger partial charge in [-0.15, -0.1) is 11.3 Å². The number of H-pyrrole nitrogens is 1. The molecule has 0 fully saturated rings. The van der Waals surface area contributed by atoms with Crippen LogP contribution in [0.2, 0.25) is 0 Å². The second-order valence-corrected chi connectivity index (χ2v) is 7.44. The minimum atomic E-state index is -0.902. The van der Waals surface area contributed by atoms with Crippen LogP contribution in [0.1, 0.15) is 16.1 Å². The van der Waals surface area contributed by atoms with Crippen molar-refractivity contribution >= 4 is 33.1 Å². The van der Waals surface area contributed by atoms with Crippen molar-refractivity contribution in [2.45, 2.75) is 12.8 Å². The Labute approximate surface area is 167 Å². The van der Waals surface area contributed by atoms with Crippen LogP contribution in [0, 0.1) is 11.6 Å². The molecule has 0 unspecified atom stereocenters. The predicted octanol–water partition coefficient (Wildman–Crippen LogP) is 3.43. The van der Waals surface area contributed by atoms with Gasteiger partial charge < -0.3 is 5.32 Å². The molecule has 146 valence electrons. The largest absolute Gasteiger partial charge is 0.302 e. The summed E-state index contributed by atoms with van der Waals surface area (Å²) < 4.78 is 26.4. The summed E-state index contributed by atoms with van der Waals surface area (Å²) in [6.07, 6.45) is 1.92. The van der Waals surface area contributed by atoms with E-state index in [1.807, 2.05) is 0 Å². The summed E-state index contributed by atoms with van der Waals surface area (Å²) in [5.74, 6) is -2.13. The number of halogens is 2. The van der Waals surface area contributed by atoms with Crippen LogP contribution >= 0.6 is 11.3 Å². The zero-order chi connectivity index (χ0) is 20.4. The Morgan fingerprint density at radius 3 is 2.69 bits per heavy atom. The first kappa shape index (κ1) is 18.9. The normalized spacial score (nSPS) is 11.0. The molecule has 0 spiro atoms. The van der Waals surface area contributed by atoms with Crippen molar-refractivity contribution in [3.63, 3.8) is 0 Å². The van der Waals surface area contributed by atoms with Crippen LogP contribution in [-0.4, -0.2) is 21.1 Å². The van der Waals surface area contributed by atoms with Crippen molar-refractivity contribution in [2.75, 3.05) is 5.32 Å². The van der Waals surface area contributed by atoms with Gasteiger partial charge in [-0.1, -0.05) is 24.3 Å². The molecular weight excluding hydrogens is 398 g/mol. The number of hydrogen-bond donors (Lipinski definition) is 2. The molecule has 2 N–H and O–H groups in total. The molecular formula is C20H14F2N4O2S. The highest BCUT2D eigenvalue weighted by Gasteiger charge is 2.13. The Kier molecular flexibility index (Phi) is 5.13. The van der Waals surface area contributed by atoms with E-state index in [0.29, 0.717) is 33.6 Å². The number of anilines is 1. The average Bonchev–Trinajstić information content (AvgIpc) is 3.14. The van der Waals surface area contributed by atoms with Gasteiger partial charge in [0, 0.05) is 22.9 Å². The number of aromatic amines is 1. The lowest BCUT2D eigenvalue weighted by Gasteiger charge is -2.04. The molecule has 0 aliphatic heterocycles. The molecule has 2 heterocycles. The van der Waals surface area contributed by atoms with Crippen molar-refractivity contribution in [3.8, 4) is 0 Å². The Hall–Kier alpha value is -3.46. The number of fused-ring (bicyclic) bond motifs is 1. The van der Waals surface area contributed by atoms with Gasteiger partial charge in [0.15, 0.2) is 16.8 Å². The van der Waals surface area contributed by atoms with Gasteiger partial charge in [-0.05, 0) is 23.8 Å². The Morgan fingerprint density at radius 1 is 1.10 bits per heavy atom. The van der Waals surface area contributed by atoms with Crippen LogP contribution in [-0.2, 0) is 17.6 Å². The van der Waals surface area contributed by atoms with E-state index in [0.717, 1.165) is 17.0 Å². The minimum Gasteiger partial charge on any atom is -0.302 e. The first-order chi connectivity index (χ1) is 14.0. The van der Waals surface area contributed by atoms with E-state index in [-0.39, 0.29) is 17.9 Å². The van der Waals surface area contributed by atoms with E-state index in [1.54, 1.807) is 30.5 Å². The van der Waals surface area contributed by atoms with Gasteiger partial charge >= 0.3 is 0 Å². The fourth-order valence-corrected chi connectivity index (χ4v) is 3.78. The standard InChI is InChI=1S/C20H14F2N4O2S/c21-15-6-5-11(8-16(15)22)7-12-10-23-20(29-12)24-18(27)9-17-13-3-1-2-4-14(13)19(28)26-25-17/h1-6,8,10H,7,9H2,(H,26,28)(H,23,24,27). The van der Waals surface area contributed by atoms with Crippen LogP contribution in [0.5, 0.6) is 0 Å². The summed E-state index contributed by atoms with van der Waals surface area (Å²) in [5, 5.41) is 10.5. The summed E-state index contributed by atoms with van der Waals surface area (Å²) >= 11 is 1.25. The smallest absolute Gasteiger partial charge is 0.272 e. The predicted molar refractivity (Wildman–Crippen MR) is 106 cm³/mol. The number of carbonyl (C=O) groups excluding carboxylic acids is 1. The molecule has 9 heteroatoms. The van der Waals surface area contributed by atoms with Crippen molar-refractivity contribution < 1.29 is 13.6 Å². The van der Waals surface area contributed by atoms with E-state index in [9.17, 15) is 18.4 Å². The number of amides is 1. The first-order valence-corrected chi connectivity index (χ1v) is 9.46. The number of carbonyl (C=O) groups is 1. The number of aromatic nitrogens is 3. The van der Waals surface area contributed by atoms with E-state index in [1.165, 1.54) is 17.4 Å². The molecule has 4 rings (SSSR count). The number of benzene rings is 2. The molecule has 2 aromatic heterocycles. The number of nitrogens with one attached hydrogen (secondary N) is 2. The second-order valence-electron chi connectivity index (χ2n) is 6.33. The van der Waals surface area contributed by atoms with Gasteiger partial charge in [0.1, 0.15) is 0 Å². The first-order valence-electron chi connectivity index (χ1n) is 8.64. The third kappa shape index (κ3) is 4.19. The number of hydrogen-bond acceptors (Lipinski definition) is 5. The summed E-state index contributed by atoms with van der Waals surface area (Å²) in [6.45, 7) is 0. The lowest BCUT2D eigenvalue weighted by Crippen LogP contribution is -2.18. The van der Waals surface area contributed by atoms with Gasteiger partial charge in [0.2, 0.25) is 5.91 Å². The lowest BCUT2D eigenvalue weighted by molar-refractivity contribution is -0.115. The zero-order valence-electron chi connectivity index (χ0n) is 14.9. The monoisotopic (exact) mass is 412 g/mol. The van der Waals surface area contributed by atoms with Crippen molar-refractivity contribution in [3.05, 3.63) is 86.8 Å². The maximum Gasteiger partial charge on any atom is 0.272 e. The number of nitrogens with zero attached hydrogens (tertiary/aromatic N) is 2. The van der Waals surface area contributed by atoms with Crippen LogP contribution in [0.15, 0.2) is 53.5 Å². The summed E-state index contributed by atoms with van der Waals surface area (Å²) in [6, 6.07) is 10.6. The summed E-state index contributed by atoms with van der Waals surface area (Å²) in [5.41, 5.74) is 0.747. The quantitative estimate of drug-likeness (QED) is 0.526. The highest BCUT2D eigenvalue weighted by molar-refractivity contribution is 7.15. The van der Waals surface area contributed by atoms with Crippen LogP contribution in [0.3, 0.4) is 0 Å². The van der Waals surface area contributed by atoms with Crippen molar-refractivity contribution in [1.82, 2.24) is 15.2 Å². The van der Waals surface area contributed by atoms with E-state index < -0.39 is 11.6 Å². The second kappa shape index (κ2) is 7.88. The molecule has 0 atom stereocenters. The molecule has 29 heavy (non-hydrogen) atoms. The molecule has 0 aliphatic rings. The molecule has 0 saturated carbocycles. The van der Waals surface area contributed by atoms with Gasteiger partial charge in [-0.25, -0.2) is 18.9 Å². The van der Waals surface area contributed by atoms with Gasteiger partial charge in [0.05, 0.1) is 17.5 Å². The fourth-order valence-electron chi connectivity index (χ4n) is 2.92. The maximum absolute atomic E-state index is 13.3.